The Morgan fingerprint density at radius 2 is 2.28 bits per heavy atom. The molecule has 5 nitrogen and oxygen atoms in total. The zero-order valence-corrected chi connectivity index (χ0v) is 10.1. The van der Waals surface area contributed by atoms with Crippen LogP contribution in [0, 0.1) is 11.3 Å². The van der Waals surface area contributed by atoms with Gasteiger partial charge in [0, 0.05) is 13.2 Å². The van der Waals surface area contributed by atoms with E-state index in [9.17, 15) is 0 Å². The van der Waals surface area contributed by atoms with Gasteiger partial charge in [0.1, 0.15) is 0 Å². The fourth-order valence-corrected chi connectivity index (χ4v) is 2.51. The van der Waals surface area contributed by atoms with Gasteiger partial charge in [0.25, 0.3) is 0 Å². The van der Waals surface area contributed by atoms with Crippen LogP contribution in [-0.4, -0.2) is 22.8 Å². The second-order valence-electron chi connectivity index (χ2n) is 4.64. The Bertz CT molecular complexity index is 634. The molecule has 18 heavy (non-hydrogen) atoms. The largest absolute Gasteiger partial charge is 0.381 e. The number of imidazole rings is 1. The number of hydrogen-bond donors (Lipinski definition) is 1. The monoisotopic (exact) mass is 242 g/mol. The maximum atomic E-state index is 8.95. The zero-order valence-electron chi connectivity index (χ0n) is 10.1. The van der Waals surface area contributed by atoms with Gasteiger partial charge in [-0.2, -0.15) is 5.26 Å². The van der Waals surface area contributed by atoms with Crippen molar-refractivity contribution in [1.29, 1.82) is 5.26 Å². The molecule has 2 aromatic rings. The molecule has 1 saturated carbocycles. The molecule has 0 amide bonds. The molecule has 0 atom stereocenters. The number of nitrogens with zero attached hydrogens (tertiary/aromatic N) is 3. The van der Waals surface area contributed by atoms with Crippen LogP contribution in [0.3, 0.4) is 0 Å². The Labute approximate surface area is 105 Å². The van der Waals surface area contributed by atoms with Crippen LogP contribution < -0.4 is 5.73 Å². The number of ether oxygens (including phenoxy) is 1. The van der Waals surface area contributed by atoms with E-state index in [4.69, 9.17) is 15.7 Å². The summed E-state index contributed by atoms with van der Waals surface area (Å²) >= 11 is 0. The number of nitrogen functional groups attached to an aromatic ring is 1. The topological polar surface area (TPSA) is 76.9 Å². The van der Waals surface area contributed by atoms with E-state index < -0.39 is 0 Å². The van der Waals surface area contributed by atoms with Crippen molar-refractivity contribution in [3.05, 3.63) is 23.8 Å². The smallest absolute Gasteiger partial charge is 0.201 e. The average molecular weight is 242 g/mol. The average Bonchev–Trinajstić information content (AvgIpc) is 2.64. The van der Waals surface area contributed by atoms with Gasteiger partial charge in [0.15, 0.2) is 0 Å². The third-order valence-electron chi connectivity index (χ3n) is 3.61. The molecule has 0 spiro atoms. The van der Waals surface area contributed by atoms with E-state index in [1.807, 2.05) is 16.7 Å². The number of nitrogens with two attached hydrogens (primary N) is 1. The summed E-state index contributed by atoms with van der Waals surface area (Å²) in [5, 5.41) is 8.95. The van der Waals surface area contributed by atoms with Gasteiger partial charge in [-0.05, 0) is 31.0 Å². The second kappa shape index (κ2) is 4.00. The van der Waals surface area contributed by atoms with Gasteiger partial charge in [-0.15, -0.1) is 0 Å². The van der Waals surface area contributed by atoms with Crippen molar-refractivity contribution in [3.63, 3.8) is 0 Å². The minimum atomic E-state index is 0.311. The zero-order chi connectivity index (χ0) is 12.7. The Balaban J connectivity index is 2.05. The maximum Gasteiger partial charge on any atom is 0.201 e. The molecule has 1 fully saturated rings. The van der Waals surface area contributed by atoms with Crippen LogP contribution in [0.5, 0.6) is 0 Å². The van der Waals surface area contributed by atoms with Crippen LogP contribution in [0.2, 0.25) is 0 Å². The molecule has 2 N–H and O–H groups in total. The van der Waals surface area contributed by atoms with Crippen LogP contribution in [0.15, 0.2) is 18.2 Å². The first-order chi connectivity index (χ1) is 8.72. The predicted molar refractivity (Wildman–Crippen MR) is 67.9 cm³/mol. The Hall–Kier alpha value is -2.06. The summed E-state index contributed by atoms with van der Waals surface area (Å²) in [6, 6.07) is 7.92. The normalized spacial score (nSPS) is 22.7. The van der Waals surface area contributed by atoms with Crippen molar-refractivity contribution < 1.29 is 4.74 Å². The second-order valence-corrected chi connectivity index (χ2v) is 4.64. The van der Waals surface area contributed by atoms with Crippen molar-refractivity contribution in [2.45, 2.75) is 25.0 Å². The van der Waals surface area contributed by atoms with Crippen molar-refractivity contribution in [3.8, 4) is 6.07 Å². The highest BCUT2D eigenvalue weighted by Crippen LogP contribution is 2.38. The van der Waals surface area contributed by atoms with E-state index >= 15 is 0 Å². The van der Waals surface area contributed by atoms with Gasteiger partial charge in [-0.25, -0.2) is 4.98 Å². The lowest BCUT2D eigenvalue weighted by Crippen LogP contribution is -2.33. The Kier molecular flexibility index (Phi) is 2.46. The number of anilines is 1. The number of rotatable bonds is 2. The number of fused-ring (bicyclic) bond motifs is 1. The third kappa shape index (κ3) is 1.54. The van der Waals surface area contributed by atoms with Crippen LogP contribution >= 0.6 is 0 Å². The molecule has 1 aliphatic carbocycles. The minimum absolute atomic E-state index is 0.311. The molecule has 3 rings (SSSR count). The highest BCUT2D eigenvalue weighted by atomic mass is 16.5. The standard InChI is InChI=1S/C13H14N4O/c1-18-10-5-9(6-10)17-12-4-8(7-14)2-3-11(12)16-13(17)15/h2-4,9-10H,5-6H2,1H3,(H2,15,16). The van der Waals surface area contributed by atoms with Crippen LogP contribution in [-0.2, 0) is 4.74 Å². The number of benzene rings is 1. The van der Waals surface area contributed by atoms with Gasteiger partial charge in [0.05, 0.1) is 28.8 Å². The molecular weight excluding hydrogens is 228 g/mol. The predicted octanol–water partition coefficient (Wildman–Crippen LogP) is 1.84. The van der Waals surface area contributed by atoms with Gasteiger partial charge in [-0.1, -0.05) is 0 Å². The number of hydrogen-bond acceptors (Lipinski definition) is 4. The lowest BCUT2D eigenvalue weighted by atomic mass is 9.89. The van der Waals surface area contributed by atoms with E-state index in [1.54, 1.807) is 13.2 Å². The number of aromatic nitrogens is 2. The van der Waals surface area contributed by atoms with Crippen LogP contribution in [0.1, 0.15) is 24.4 Å². The first-order valence-corrected chi connectivity index (χ1v) is 5.93. The number of nitriles is 1. The van der Waals surface area contributed by atoms with E-state index in [-0.39, 0.29) is 0 Å². The molecule has 1 aliphatic rings. The summed E-state index contributed by atoms with van der Waals surface area (Å²) in [7, 11) is 1.73. The van der Waals surface area contributed by atoms with E-state index in [0.29, 0.717) is 23.7 Å². The Morgan fingerprint density at radius 1 is 1.50 bits per heavy atom. The van der Waals surface area contributed by atoms with E-state index in [2.05, 4.69) is 11.1 Å². The molecule has 1 aromatic carbocycles. The summed E-state index contributed by atoms with van der Waals surface area (Å²) < 4.78 is 7.30. The van der Waals surface area contributed by atoms with Gasteiger partial charge >= 0.3 is 0 Å². The van der Waals surface area contributed by atoms with E-state index in [0.717, 1.165) is 23.9 Å². The highest BCUT2D eigenvalue weighted by Gasteiger charge is 2.32. The van der Waals surface area contributed by atoms with Crippen LogP contribution in [0.4, 0.5) is 5.95 Å². The summed E-state index contributed by atoms with van der Waals surface area (Å²) in [4.78, 5) is 4.33. The lowest BCUT2D eigenvalue weighted by Gasteiger charge is -2.35. The van der Waals surface area contributed by atoms with Crippen LogP contribution in [0.25, 0.3) is 11.0 Å². The van der Waals surface area contributed by atoms with E-state index in [1.165, 1.54) is 0 Å². The summed E-state index contributed by atoms with van der Waals surface area (Å²) in [6.07, 6.45) is 2.21. The Morgan fingerprint density at radius 3 is 2.94 bits per heavy atom. The quantitative estimate of drug-likeness (QED) is 0.871. The van der Waals surface area contributed by atoms with Gasteiger partial charge in [-0.3, -0.25) is 0 Å². The number of methoxy groups -OCH3 is 1. The van der Waals surface area contributed by atoms with Crippen molar-refractivity contribution in [1.82, 2.24) is 9.55 Å². The molecule has 0 saturated heterocycles. The molecule has 0 radical (unpaired) electrons. The van der Waals surface area contributed by atoms with Crippen molar-refractivity contribution in [2.75, 3.05) is 12.8 Å². The highest BCUT2D eigenvalue weighted by molar-refractivity contribution is 5.80. The minimum Gasteiger partial charge on any atom is -0.381 e. The fraction of sp³-hybridized carbons (Fsp3) is 0.385. The molecule has 1 heterocycles. The molecule has 1 aromatic heterocycles. The van der Waals surface area contributed by atoms with Gasteiger partial charge in [0.2, 0.25) is 5.95 Å². The fourth-order valence-electron chi connectivity index (χ4n) is 2.51. The molecule has 0 bridgehead atoms. The van der Waals surface area contributed by atoms with Gasteiger partial charge < -0.3 is 15.0 Å². The molecule has 5 heteroatoms. The summed E-state index contributed by atoms with van der Waals surface area (Å²) in [5.74, 6) is 0.514. The molecule has 0 aliphatic heterocycles. The molecule has 92 valence electrons. The maximum absolute atomic E-state index is 8.95. The lowest BCUT2D eigenvalue weighted by molar-refractivity contribution is 0.00798. The molecular formula is C13H14N4O. The summed E-state index contributed by atoms with van der Waals surface area (Å²) in [6.45, 7) is 0. The first kappa shape index (κ1) is 11.1. The molecule has 0 unspecified atom stereocenters. The first-order valence-electron chi connectivity index (χ1n) is 5.93. The summed E-state index contributed by atoms with van der Waals surface area (Å²) in [5.41, 5.74) is 8.38. The van der Waals surface area contributed by atoms with Crippen molar-refractivity contribution in [2.24, 2.45) is 0 Å². The third-order valence-corrected chi connectivity index (χ3v) is 3.61. The SMILES string of the molecule is COC1CC(n2c(N)nc3ccc(C#N)cc32)C1. The van der Waals surface area contributed by atoms with Crippen molar-refractivity contribution >= 4 is 17.0 Å².